The highest BCUT2D eigenvalue weighted by atomic mass is 32.2. The number of aliphatic hydroxyl groups excluding tert-OH is 1. The minimum atomic E-state index is -0.945. The summed E-state index contributed by atoms with van der Waals surface area (Å²) in [4.78, 5) is 44.1. The van der Waals surface area contributed by atoms with Gasteiger partial charge in [-0.05, 0) is 31.6 Å². The van der Waals surface area contributed by atoms with E-state index in [-0.39, 0.29) is 35.6 Å². The standard InChI is InChI=1S/C25H38N2O5S/c1-4-13-26(16-9-7-6-8-10-16)23(30)21-25-12-11-18(33-25)19(24(31)32)20(25)22(29)27(21)17(14-28)15(3)5-2/h4,15-21,28H,1,5-14H2,2-3H3,(H,31,32)/t15-,17-,18-,19+,20-,21?,25?/m0/s1. The first-order valence-electron chi connectivity index (χ1n) is 12.6. The molecule has 3 saturated heterocycles. The topological polar surface area (TPSA) is 98.2 Å². The first-order chi connectivity index (χ1) is 15.8. The number of aliphatic carboxylic acids is 1. The lowest BCUT2D eigenvalue weighted by atomic mass is 9.71. The smallest absolute Gasteiger partial charge is 0.308 e. The Kier molecular flexibility index (Phi) is 7.16. The Labute approximate surface area is 201 Å². The highest BCUT2D eigenvalue weighted by molar-refractivity contribution is 8.02. The third-order valence-electron chi connectivity index (χ3n) is 8.73. The van der Waals surface area contributed by atoms with Crippen LogP contribution in [0.3, 0.4) is 0 Å². The normalized spacial score (nSPS) is 35.4. The Morgan fingerprint density at radius 3 is 2.58 bits per heavy atom. The van der Waals surface area contributed by atoms with Crippen LogP contribution in [0.4, 0.5) is 0 Å². The van der Waals surface area contributed by atoms with Crippen molar-refractivity contribution in [1.82, 2.24) is 9.80 Å². The van der Waals surface area contributed by atoms with Gasteiger partial charge in [0.25, 0.3) is 0 Å². The zero-order valence-electron chi connectivity index (χ0n) is 19.8. The Hall–Kier alpha value is -1.54. The third-order valence-corrected chi connectivity index (χ3v) is 10.7. The number of carbonyl (C=O) groups is 3. The third kappa shape index (κ3) is 3.81. The van der Waals surface area contributed by atoms with Crippen LogP contribution in [0.1, 0.15) is 65.2 Å². The van der Waals surface area contributed by atoms with Gasteiger partial charge in [-0.3, -0.25) is 14.4 Å². The monoisotopic (exact) mass is 478 g/mol. The Morgan fingerprint density at radius 2 is 2.00 bits per heavy atom. The molecule has 4 fully saturated rings. The number of likely N-dealkylation sites (tertiary alicyclic amines) is 1. The van der Waals surface area contributed by atoms with Gasteiger partial charge in [-0.2, -0.15) is 0 Å². The molecule has 0 aromatic heterocycles. The molecule has 3 aliphatic heterocycles. The van der Waals surface area contributed by atoms with Crippen molar-refractivity contribution in [1.29, 1.82) is 0 Å². The van der Waals surface area contributed by atoms with Crippen LogP contribution >= 0.6 is 11.8 Å². The van der Waals surface area contributed by atoms with E-state index in [1.165, 1.54) is 6.42 Å². The molecule has 4 aliphatic rings. The Bertz CT molecular complexity index is 800. The molecule has 1 aliphatic carbocycles. The van der Waals surface area contributed by atoms with Gasteiger partial charge in [0, 0.05) is 17.8 Å². The summed E-state index contributed by atoms with van der Waals surface area (Å²) in [5.74, 6) is -2.76. The van der Waals surface area contributed by atoms with Crippen LogP contribution in [0, 0.1) is 17.8 Å². The van der Waals surface area contributed by atoms with Crippen LogP contribution < -0.4 is 0 Å². The molecule has 2 amide bonds. The van der Waals surface area contributed by atoms with Gasteiger partial charge in [0.05, 0.1) is 29.2 Å². The predicted octanol–water partition coefficient (Wildman–Crippen LogP) is 2.92. The van der Waals surface area contributed by atoms with Crippen molar-refractivity contribution < 1.29 is 24.6 Å². The Morgan fingerprint density at radius 1 is 1.30 bits per heavy atom. The van der Waals surface area contributed by atoms with Crippen molar-refractivity contribution in [2.24, 2.45) is 17.8 Å². The quantitative estimate of drug-likeness (QED) is 0.495. The fourth-order valence-electron chi connectivity index (χ4n) is 6.93. The lowest BCUT2D eigenvalue weighted by molar-refractivity contribution is -0.150. The molecule has 4 rings (SSSR count). The summed E-state index contributed by atoms with van der Waals surface area (Å²) in [6.07, 6.45) is 9.10. The number of carbonyl (C=O) groups excluding carboxylic acids is 2. The first kappa shape index (κ1) is 24.6. The summed E-state index contributed by atoms with van der Waals surface area (Å²) < 4.78 is -0.725. The second kappa shape index (κ2) is 9.61. The summed E-state index contributed by atoms with van der Waals surface area (Å²) in [5.41, 5.74) is 0. The predicted molar refractivity (Wildman–Crippen MR) is 128 cm³/mol. The highest BCUT2D eigenvalue weighted by Gasteiger charge is 2.74. The molecule has 1 saturated carbocycles. The maximum absolute atomic E-state index is 14.4. The number of rotatable bonds is 9. The van der Waals surface area contributed by atoms with E-state index < -0.39 is 34.6 Å². The van der Waals surface area contributed by atoms with Crippen molar-refractivity contribution in [2.45, 2.75) is 93.3 Å². The largest absolute Gasteiger partial charge is 0.481 e. The van der Waals surface area contributed by atoms with Gasteiger partial charge in [-0.1, -0.05) is 45.6 Å². The molecule has 8 heteroatoms. The number of aliphatic hydroxyl groups is 1. The van der Waals surface area contributed by atoms with E-state index in [4.69, 9.17) is 0 Å². The summed E-state index contributed by atoms with van der Waals surface area (Å²) >= 11 is 1.56. The molecule has 7 atom stereocenters. The summed E-state index contributed by atoms with van der Waals surface area (Å²) in [6, 6.07) is -1.11. The van der Waals surface area contributed by atoms with Crippen molar-refractivity contribution in [3.63, 3.8) is 0 Å². The first-order valence-corrected chi connectivity index (χ1v) is 13.4. The molecule has 2 unspecified atom stereocenters. The van der Waals surface area contributed by atoms with Crippen LogP contribution in [0.5, 0.6) is 0 Å². The summed E-state index contributed by atoms with van der Waals surface area (Å²) in [5, 5.41) is 20.2. The minimum Gasteiger partial charge on any atom is -0.481 e. The molecule has 33 heavy (non-hydrogen) atoms. The van der Waals surface area contributed by atoms with Crippen molar-refractivity contribution >= 4 is 29.5 Å². The molecule has 0 radical (unpaired) electrons. The number of fused-ring (bicyclic) bond motifs is 1. The van der Waals surface area contributed by atoms with Crippen molar-refractivity contribution in [3.05, 3.63) is 12.7 Å². The van der Waals surface area contributed by atoms with E-state index in [2.05, 4.69) is 6.58 Å². The van der Waals surface area contributed by atoms with Gasteiger partial charge in [0.15, 0.2) is 0 Å². The number of amides is 2. The maximum Gasteiger partial charge on any atom is 0.308 e. The fourth-order valence-corrected chi connectivity index (χ4v) is 9.12. The molecule has 0 aromatic carbocycles. The van der Waals surface area contributed by atoms with E-state index >= 15 is 0 Å². The fraction of sp³-hybridized carbons (Fsp3) is 0.800. The molecule has 2 bridgehead atoms. The van der Waals surface area contributed by atoms with Gasteiger partial charge in [-0.25, -0.2) is 0 Å². The average Bonchev–Trinajstić information content (AvgIpc) is 3.46. The second-order valence-corrected chi connectivity index (χ2v) is 11.9. The number of hydrogen-bond donors (Lipinski definition) is 2. The van der Waals surface area contributed by atoms with Gasteiger partial charge < -0.3 is 20.0 Å². The van der Waals surface area contributed by atoms with E-state index in [9.17, 15) is 24.6 Å². The van der Waals surface area contributed by atoms with Gasteiger partial charge >= 0.3 is 5.97 Å². The molecule has 7 nitrogen and oxygen atoms in total. The maximum atomic E-state index is 14.4. The van der Waals surface area contributed by atoms with Crippen molar-refractivity contribution in [2.75, 3.05) is 13.2 Å². The van der Waals surface area contributed by atoms with Crippen LogP contribution in [-0.4, -0.2) is 79.1 Å². The number of thioether (sulfide) groups is 1. The molecule has 3 heterocycles. The molecular formula is C25H38N2O5S. The summed E-state index contributed by atoms with van der Waals surface area (Å²) in [7, 11) is 0. The Balaban J connectivity index is 1.79. The van der Waals surface area contributed by atoms with Crippen LogP contribution in [0.15, 0.2) is 12.7 Å². The van der Waals surface area contributed by atoms with Gasteiger partial charge in [0.1, 0.15) is 6.04 Å². The van der Waals surface area contributed by atoms with E-state index in [0.717, 1.165) is 32.1 Å². The van der Waals surface area contributed by atoms with Crippen LogP contribution in [0.25, 0.3) is 0 Å². The van der Waals surface area contributed by atoms with Crippen LogP contribution in [-0.2, 0) is 14.4 Å². The zero-order valence-corrected chi connectivity index (χ0v) is 20.6. The molecule has 2 N–H and O–H groups in total. The number of hydrogen-bond acceptors (Lipinski definition) is 5. The van der Waals surface area contributed by atoms with E-state index in [1.807, 2.05) is 18.7 Å². The summed E-state index contributed by atoms with van der Waals surface area (Å²) in [6.45, 7) is 8.07. The molecule has 184 valence electrons. The zero-order chi connectivity index (χ0) is 23.9. The SMILES string of the molecule is C=CCN(C(=O)C1N([C@@H](CO)[C@@H](C)CC)C(=O)[C@@H]2[C@H](C(=O)O)[C@@H]3CCC12S3)C1CCCCC1. The van der Waals surface area contributed by atoms with Gasteiger partial charge in [0.2, 0.25) is 11.8 Å². The average molecular weight is 479 g/mol. The minimum absolute atomic E-state index is 0.00232. The number of carboxylic acids is 1. The second-order valence-electron chi connectivity index (χ2n) is 10.3. The lowest BCUT2D eigenvalue weighted by Gasteiger charge is -2.43. The van der Waals surface area contributed by atoms with Gasteiger partial charge in [-0.15, -0.1) is 18.3 Å². The highest BCUT2D eigenvalue weighted by Crippen LogP contribution is 2.67. The van der Waals surface area contributed by atoms with Crippen molar-refractivity contribution in [3.8, 4) is 0 Å². The lowest BCUT2D eigenvalue weighted by Crippen LogP contribution is -2.60. The molecular weight excluding hydrogens is 440 g/mol. The molecule has 0 aromatic rings. The van der Waals surface area contributed by atoms with E-state index in [1.54, 1.807) is 22.7 Å². The van der Waals surface area contributed by atoms with E-state index in [0.29, 0.717) is 19.4 Å². The number of nitrogens with zero attached hydrogens (tertiary/aromatic N) is 2. The number of carboxylic acid groups (broad SMARTS) is 1. The molecule has 1 spiro atoms. The van der Waals surface area contributed by atoms with Crippen LogP contribution in [0.2, 0.25) is 0 Å².